The number of aromatic nitrogens is 2. The molecule has 1 unspecified atom stereocenters. The minimum absolute atomic E-state index is 0.0638. The molecule has 1 amide bonds. The van der Waals surface area contributed by atoms with Crippen LogP contribution in [0.1, 0.15) is 71.2 Å². The predicted octanol–water partition coefficient (Wildman–Crippen LogP) is 4.03. The number of hydrogen-bond donors (Lipinski definition) is 2. The van der Waals surface area contributed by atoms with Crippen molar-refractivity contribution in [2.75, 3.05) is 0 Å². The van der Waals surface area contributed by atoms with Gasteiger partial charge < -0.3 is 15.0 Å². The van der Waals surface area contributed by atoms with Crippen LogP contribution < -0.4 is 5.32 Å². The zero-order valence-electron chi connectivity index (χ0n) is 14.5. The number of carbonyl (C=O) groups excluding carboxylic acids is 1. The van der Waals surface area contributed by atoms with Gasteiger partial charge in [-0.25, -0.2) is 9.78 Å². The number of aromatic amines is 1. The predicted molar refractivity (Wildman–Crippen MR) is 84.2 cm³/mol. The first-order chi connectivity index (χ1) is 9.37. The third-order valence-electron chi connectivity index (χ3n) is 2.98. The number of nitrogens with zero attached hydrogens (tertiary/aromatic N) is 1. The molecule has 5 nitrogen and oxygen atoms in total. The molecular formula is C16H29N3O2. The Morgan fingerprint density at radius 2 is 1.81 bits per heavy atom. The van der Waals surface area contributed by atoms with Crippen LogP contribution in [0.25, 0.3) is 0 Å². The smallest absolute Gasteiger partial charge is 0.408 e. The van der Waals surface area contributed by atoms with Crippen molar-refractivity contribution in [2.24, 2.45) is 5.41 Å². The molecule has 1 aromatic rings. The molecule has 0 aliphatic carbocycles. The zero-order valence-corrected chi connectivity index (χ0v) is 14.5. The lowest BCUT2D eigenvalue weighted by Gasteiger charge is -2.27. The Morgan fingerprint density at radius 1 is 1.24 bits per heavy atom. The van der Waals surface area contributed by atoms with Crippen LogP contribution in [0, 0.1) is 19.3 Å². The van der Waals surface area contributed by atoms with Crippen LogP contribution in [-0.4, -0.2) is 21.7 Å². The summed E-state index contributed by atoms with van der Waals surface area (Å²) in [5.74, 6) is 0.783. The molecule has 5 heteroatoms. The Hall–Kier alpha value is -1.52. The van der Waals surface area contributed by atoms with Gasteiger partial charge in [-0.15, -0.1) is 0 Å². The number of ether oxygens (including phenoxy) is 1. The molecule has 0 aliphatic heterocycles. The topological polar surface area (TPSA) is 67.0 Å². The summed E-state index contributed by atoms with van der Waals surface area (Å²) in [5.41, 5.74) is 1.53. The lowest BCUT2D eigenvalue weighted by atomic mass is 9.88. The molecule has 0 saturated heterocycles. The van der Waals surface area contributed by atoms with Gasteiger partial charge in [-0.2, -0.15) is 0 Å². The van der Waals surface area contributed by atoms with Gasteiger partial charge in [-0.05, 0) is 46.5 Å². The minimum atomic E-state index is -0.509. The molecule has 1 rings (SSSR count). The van der Waals surface area contributed by atoms with Gasteiger partial charge in [0.15, 0.2) is 0 Å². The fraction of sp³-hybridized carbons (Fsp3) is 0.750. The number of carbonyl (C=O) groups is 1. The minimum Gasteiger partial charge on any atom is -0.444 e. The van der Waals surface area contributed by atoms with Gasteiger partial charge in [0.25, 0.3) is 0 Å². The maximum Gasteiger partial charge on any atom is 0.408 e. The van der Waals surface area contributed by atoms with Gasteiger partial charge in [0.2, 0.25) is 0 Å². The summed E-state index contributed by atoms with van der Waals surface area (Å²) in [7, 11) is 0. The van der Waals surface area contributed by atoms with Crippen molar-refractivity contribution in [3.63, 3.8) is 0 Å². The third kappa shape index (κ3) is 6.19. The molecule has 0 radical (unpaired) electrons. The van der Waals surface area contributed by atoms with Crippen LogP contribution in [0.5, 0.6) is 0 Å². The molecule has 0 aliphatic rings. The highest BCUT2D eigenvalue weighted by molar-refractivity contribution is 5.68. The molecule has 0 fully saturated rings. The molecule has 1 heterocycles. The second kappa shape index (κ2) is 6.08. The number of H-pyrrole nitrogens is 1. The monoisotopic (exact) mass is 295 g/mol. The highest BCUT2D eigenvalue weighted by atomic mass is 16.6. The molecule has 1 atom stereocenters. The van der Waals surface area contributed by atoms with Crippen LogP contribution >= 0.6 is 0 Å². The Bertz CT molecular complexity index is 473. The summed E-state index contributed by atoms with van der Waals surface area (Å²) in [6.07, 6.45) is 0.363. The Morgan fingerprint density at radius 3 is 2.19 bits per heavy atom. The SMILES string of the molecule is Cc1nc(C(CC(C)(C)C)NC(=O)OC(C)(C)C)[nH]c1C. The van der Waals surface area contributed by atoms with E-state index in [1.54, 1.807) is 0 Å². The zero-order chi connectivity index (χ0) is 16.4. The third-order valence-corrected chi connectivity index (χ3v) is 2.98. The molecule has 120 valence electrons. The van der Waals surface area contributed by atoms with Gasteiger partial charge in [0.1, 0.15) is 11.4 Å². The normalized spacial score (nSPS) is 13.9. The second-order valence-electron chi connectivity index (χ2n) is 7.80. The maximum absolute atomic E-state index is 12.0. The fourth-order valence-corrected chi connectivity index (χ4v) is 2.02. The molecule has 1 aromatic heterocycles. The van der Waals surface area contributed by atoms with Crippen LogP contribution in [0.2, 0.25) is 0 Å². The average molecular weight is 295 g/mol. The van der Waals surface area contributed by atoms with Crippen molar-refractivity contribution in [1.29, 1.82) is 0 Å². The standard InChI is InChI=1S/C16H29N3O2/c1-10-11(2)18-13(17-10)12(9-15(3,4)5)19-14(20)21-16(6,7)8/h12H,9H2,1-8H3,(H,17,18)(H,19,20). The second-order valence-corrected chi connectivity index (χ2v) is 7.80. The largest absolute Gasteiger partial charge is 0.444 e. The first kappa shape index (κ1) is 17.5. The van der Waals surface area contributed by atoms with Crippen LogP contribution in [0.15, 0.2) is 0 Å². The van der Waals surface area contributed by atoms with E-state index < -0.39 is 11.7 Å². The van der Waals surface area contributed by atoms with E-state index in [0.717, 1.165) is 23.6 Å². The number of nitrogens with one attached hydrogen (secondary N) is 2. The van der Waals surface area contributed by atoms with E-state index in [4.69, 9.17) is 4.74 Å². The molecule has 0 aromatic carbocycles. The van der Waals surface area contributed by atoms with E-state index in [-0.39, 0.29) is 11.5 Å². The summed E-state index contributed by atoms with van der Waals surface area (Å²) in [4.78, 5) is 19.8. The number of rotatable bonds is 3. The quantitative estimate of drug-likeness (QED) is 0.884. The molecule has 0 bridgehead atoms. The van der Waals surface area contributed by atoms with Crippen molar-refractivity contribution < 1.29 is 9.53 Å². The number of amides is 1. The molecule has 2 N–H and O–H groups in total. The van der Waals surface area contributed by atoms with E-state index in [9.17, 15) is 4.79 Å². The highest BCUT2D eigenvalue weighted by Gasteiger charge is 2.26. The summed E-state index contributed by atoms with van der Waals surface area (Å²) in [5, 5.41) is 2.93. The molecule has 0 spiro atoms. The molecule has 21 heavy (non-hydrogen) atoms. The van der Waals surface area contributed by atoms with Crippen LogP contribution in [0.4, 0.5) is 4.79 Å². The Kier molecular flexibility index (Phi) is 5.07. The first-order valence-electron chi connectivity index (χ1n) is 7.40. The summed E-state index contributed by atoms with van der Waals surface area (Å²) < 4.78 is 5.35. The van der Waals surface area contributed by atoms with Gasteiger partial charge in [0.05, 0.1) is 11.7 Å². The van der Waals surface area contributed by atoms with E-state index in [1.807, 2.05) is 34.6 Å². The van der Waals surface area contributed by atoms with Gasteiger partial charge in [-0.3, -0.25) is 0 Å². The molecule has 0 saturated carbocycles. The fourth-order valence-electron chi connectivity index (χ4n) is 2.02. The summed E-state index contributed by atoms with van der Waals surface area (Å²) in [6.45, 7) is 15.9. The maximum atomic E-state index is 12.0. The van der Waals surface area contributed by atoms with Gasteiger partial charge in [0, 0.05) is 5.69 Å². The number of aryl methyl sites for hydroxylation is 2. The number of imidazole rings is 1. The van der Waals surface area contributed by atoms with Gasteiger partial charge in [-0.1, -0.05) is 20.8 Å². The van der Waals surface area contributed by atoms with Crippen molar-refractivity contribution >= 4 is 6.09 Å². The molecular weight excluding hydrogens is 266 g/mol. The Balaban J connectivity index is 2.90. The van der Waals surface area contributed by atoms with Crippen molar-refractivity contribution in [2.45, 2.75) is 73.5 Å². The van der Waals surface area contributed by atoms with E-state index in [0.29, 0.717) is 0 Å². The van der Waals surface area contributed by atoms with Crippen molar-refractivity contribution in [1.82, 2.24) is 15.3 Å². The lowest BCUT2D eigenvalue weighted by molar-refractivity contribution is 0.0489. The van der Waals surface area contributed by atoms with E-state index >= 15 is 0 Å². The number of alkyl carbamates (subject to hydrolysis) is 1. The Labute approximate surface area is 127 Å². The highest BCUT2D eigenvalue weighted by Crippen LogP contribution is 2.29. The lowest BCUT2D eigenvalue weighted by Crippen LogP contribution is -2.36. The van der Waals surface area contributed by atoms with Crippen LogP contribution in [0.3, 0.4) is 0 Å². The van der Waals surface area contributed by atoms with Crippen LogP contribution in [-0.2, 0) is 4.74 Å². The summed E-state index contributed by atoms with van der Waals surface area (Å²) >= 11 is 0. The van der Waals surface area contributed by atoms with E-state index in [1.165, 1.54) is 0 Å². The number of hydrogen-bond acceptors (Lipinski definition) is 3. The summed E-state index contributed by atoms with van der Waals surface area (Å²) in [6, 6.07) is -0.188. The first-order valence-corrected chi connectivity index (χ1v) is 7.40. The van der Waals surface area contributed by atoms with Crippen molar-refractivity contribution in [3.8, 4) is 0 Å². The average Bonchev–Trinajstić information content (AvgIpc) is 2.53. The van der Waals surface area contributed by atoms with Crippen molar-refractivity contribution in [3.05, 3.63) is 17.2 Å². The van der Waals surface area contributed by atoms with E-state index in [2.05, 4.69) is 36.1 Å². The van der Waals surface area contributed by atoms with Gasteiger partial charge >= 0.3 is 6.09 Å².